The van der Waals surface area contributed by atoms with Crippen molar-refractivity contribution in [3.8, 4) is 0 Å². The Labute approximate surface area is 107 Å². The first-order valence-electron chi connectivity index (χ1n) is 6.18. The number of nitrogens with one attached hydrogen (secondary N) is 1. The maximum absolute atomic E-state index is 14.2. The Bertz CT molecular complexity index is 392. The van der Waals surface area contributed by atoms with E-state index in [9.17, 15) is 4.39 Å². The fourth-order valence-corrected chi connectivity index (χ4v) is 3.02. The van der Waals surface area contributed by atoms with Crippen molar-refractivity contribution in [1.29, 1.82) is 0 Å². The molecule has 3 heteroatoms. The molecule has 0 spiro atoms. The lowest BCUT2D eigenvalue weighted by atomic mass is 9.91. The second-order valence-electron chi connectivity index (χ2n) is 5.24. The largest absolute Gasteiger partial charge is 0.314 e. The average Bonchev–Trinajstić information content (AvgIpc) is 2.68. The summed E-state index contributed by atoms with van der Waals surface area (Å²) in [5.74, 6) is 0. The van der Waals surface area contributed by atoms with Gasteiger partial charge < -0.3 is 5.32 Å². The van der Waals surface area contributed by atoms with Crippen molar-refractivity contribution < 1.29 is 4.39 Å². The third-order valence-electron chi connectivity index (χ3n) is 3.32. The number of alkyl halides is 1. The molecule has 1 aliphatic heterocycles. The van der Waals surface area contributed by atoms with Crippen molar-refractivity contribution in [2.24, 2.45) is 0 Å². The van der Waals surface area contributed by atoms with Crippen LogP contribution in [0.2, 0.25) is 5.02 Å². The zero-order valence-corrected chi connectivity index (χ0v) is 11.1. The monoisotopic (exact) mass is 255 g/mol. The third-order valence-corrected chi connectivity index (χ3v) is 3.64. The summed E-state index contributed by atoms with van der Waals surface area (Å²) >= 11 is 6.14. The molecule has 2 rings (SSSR count). The molecule has 1 aromatic carbocycles. The molecule has 0 radical (unpaired) electrons. The lowest BCUT2D eigenvalue weighted by Gasteiger charge is -2.22. The molecule has 0 aromatic heterocycles. The van der Waals surface area contributed by atoms with E-state index in [-0.39, 0.29) is 0 Å². The molecule has 0 bridgehead atoms. The van der Waals surface area contributed by atoms with Gasteiger partial charge in [-0.2, -0.15) is 0 Å². The van der Waals surface area contributed by atoms with Gasteiger partial charge in [0.15, 0.2) is 0 Å². The molecular weight excluding hydrogens is 237 g/mol. The first kappa shape index (κ1) is 12.8. The summed E-state index contributed by atoms with van der Waals surface area (Å²) in [6.07, 6.45) is 3.24. The van der Waals surface area contributed by atoms with Gasteiger partial charge in [-0.25, -0.2) is 4.39 Å². The van der Waals surface area contributed by atoms with Crippen LogP contribution in [0.5, 0.6) is 0 Å². The maximum atomic E-state index is 14.2. The fraction of sp³-hybridized carbons (Fsp3) is 0.571. The molecule has 94 valence electrons. The van der Waals surface area contributed by atoms with E-state index in [1.165, 1.54) is 12.8 Å². The Hall–Kier alpha value is -0.600. The van der Waals surface area contributed by atoms with Gasteiger partial charge >= 0.3 is 0 Å². The summed E-state index contributed by atoms with van der Waals surface area (Å²) in [5, 5.41) is 3.97. The summed E-state index contributed by atoms with van der Waals surface area (Å²) in [7, 11) is 0. The summed E-state index contributed by atoms with van der Waals surface area (Å²) in [6, 6.07) is 6.13. The minimum absolute atomic E-state index is 0.467. The Morgan fingerprint density at radius 3 is 2.82 bits per heavy atom. The third kappa shape index (κ3) is 2.99. The van der Waals surface area contributed by atoms with Gasteiger partial charge in [-0.05, 0) is 51.3 Å². The molecule has 1 nitrogen and oxygen atoms in total. The van der Waals surface area contributed by atoms with Crippen LogP contribution in [-0.4, -0.2) is 12.6 Å². The predicted molar refractivity (Wildman–Crippen MR) is 70.3 cm³/mol. The summed E-state index contributed by atoms with van der Waals surface area (Å²) in [6.45, 7) is 4.21. The van der Waals surface area contributed by atoms with Gasteiger partial charge in [0.1, 0.15) is 5.67 Å². The van der Waals surface area contributed by atoms with E-state index in [0.29, 0.717) is 16.6 Å². The lowest BCUT2D eigenvalue weighted by molar-refractivity contribution is 0.219. The zero-order chi connectivity index (χ0) is 12.5. The minimum Gasteiger partial charge on any atom is -0.314 e. The molecular formula is C14H19ClFN. The second-order valence-corrected chi connectivity index (χ2v) is 5.65. The number of hydrogen-bond donors (Lipinski definition) is 1. The van der Waals surface area contributed by atoms with Crippen LogP contribution in [0.15, 0.2) is 18.2 Å². The van der Waals surface area contributed by atoms with Crippen molar-refractivity contribution >= 4 is 11.6 Å². The van der Waals surface area contributed by atoms with Gasteiger partial charge in [-0.15, -0.1) is 0 Å². The molecule has 1 unspecified atom stereocenters. The van der Waals surface area contributed by atoms with Crippen LogP contribution >= 0.6 is 11.6 Å². The van der Waals surface area contributed by atoms with Gasteiger partial charge in [0, 0.05) is 16.6 Å². The van der Waals surface area contributed by atoms with Crippen molar-refractivity contribution in [1.82, 2.24) is 5.32 Å². The molecule has 1 fully saturated rings. The van der Waals surface area contributed by atoms with Crippen LogP contribution < -0.4 is 5.32 Å². The van der Waals surface area contributed by atoms with E-state index < -0.39 is 5.67 Å². The van der Waals surface area contributed by atoms with Gasteiger partial charge in [0.2, 0.25) is 0 Å². The smallest absolute Gasteiger partial charge is 0.132 e. The normalized spacial score (nSPS) is 20.8. The van der Waals surface area contributed by atoms with E-state index in [0.717, 1.165) is 18.5 Å². The first-order valence-corrected chi connectivity index (χ1v) is 6.56. The van der Waals surface area contributed by atoms with E-state index in [4.69, 9.17) is 11.6 Å². The Kier molecular flexibility index (Phi) is 3.74. The molecule has 1 aromatic rings. The quantitative estimate of drug-likeness (QED) is 0.865. The lowest BCUT2D eigenvalue weighted by Crippen LogP contribution is -2.25. The van der Waals surface area contributed by atoms with Crippen LogP contribution in [0.25, 0.3) is 0 Å². The number of benzene rings is 1. The molecule has 1 atom stereocenters. The molecule has 1 N–H and O–H groups in total. The fourth-order valence-electron chi connectivity index (χ4n) is 2.60. The molecule has 1 aliphatic rings. The SMILES string of the molecule is CC(C)(F)c1c(Cl)cccc1CC1CCCN1. The molecule has 1 saturated heterocycles. The van der Waals surface area contributed by atoms with Crippen molar-refractivity contribution in [2.45, 2.75) is 44.8 Å². The van der Waals surface area contributed by atoms with Crippen LogP contribution in [0, 0.1) is 0 Å². The topological polar surface area (TPSA) is 12.0 Å². The van der Waals surface area contributed by atoms with Gasteiger partial charge in [0.25, 0.3) is 0 Å². The molecule has 0 saturated carbocycles. The average molecular weight is 256 g/mol. The summed E-state index contributed by atoms with van der Waals surface area (Å²) < 4.78 is 14.2. The second kappa shape index (κ2) is 4.95. The minimum atomic E-state index is -1.38. The highest BCUT2D eigenvalue weighted by atomic mass is 35.5. The van der Waals surface area contributed by atoms with Gasteiger partial charge in [-0.1, -0.05) is 23.7 Å². The van der Waals surface area contributed by atoms with E-state index in [1.54, 1.807) is 19.9 Å². The molecule has 0 aliphatic carbocycles. The highest BCUT2D eigenvalue weighted by Gasteiger charge is 2.27. The highest BCUT2D eigenvalue weighted by molar-refractivity contribution is 6.31. The van der Waals surface area contributed by atoms with Crippen molar-refractivity contribution in [3.63, 3.8) is 0 Å². The Morgan fingerprint density at radius 2 is 2.24 bits per heavy atom. The van der Waals surface area contributed by atoms with E-state index in [2.05, 4.69) is 5.32 Å². The van der Waals surface area contributed by atoms with Gasteiger partial charge in [0.05, 0.1) is 0 Å². The van der Waals surface area contributed by atoms with Crippen molar-refractivity contribution in [3.05, 3.63) is 34.3 Å². The van der Waals surface area contributed by atoms with Crippen LogP contribution in [0.3, 0.4) is 0 Å². The van der Waals surface area contributed by atoms with Crippen LogP contribution in [0.4, 0.5) is 4.39 Å². The maximum Gasteiger partial charge on any atom is 0.132 e. The van der Waals surface area contributed by atoms with E-state index in [1.807, 2.05) is 12.1 Å². The highest BCUT2D eigenvalue weighted by Crippen LogP contribution is 2.34. The van der Waals surface area contributed by atoms with Gasteiger partial charge in [-0.3, -0.25) is 0 Å². The molecule has 1 heterocycles. The van der Waals surface area contributed by atoms with E-state index >= 15 is 0 Å². The van der Waals surface area contributed by atoms with Crippen molar-refractivity contribution in [2.75, 3.05) is 6.54 Å². The first-order chi connectivity index (χ1) is 7.98. The number of hydrogen-bond acceptors (Lipinski definition) is 1. The van der Waals surface area contributed by atoms with Crippen LogP contribution in [0.1, 0.15) is 37.8 Å². The number of halogens is 2. The predicted octanol–water partition coefficient (Wildman–Crippen LogP) is 3.84. The zero-order valence-electron chi connectivity index (χ0n) is 10.4. The summed E-state index contributed by atoms with van der Waals surface area (Å²) in [5.41, 5.74) is 0.298. The van der Waals surface area contributed by atoms with Crippen LogP contribution in [-0.2, 0) is 12.1 Å². The number of rotatable bonds is 3. The Morgan fingerprint density at radius 1 is 1.47 bits per heavy atom. The Balaban J connectivity index is 2.29. The standard InChI is InChI=1S/C14H19ClFN/c1-14(2,16)13-10(5-3-7-12(13)15)9-11-6-4-8-17-11/h3,5,7,11,17H,4,6,8-9H2,1-2H3. The molecule has 0 amide bonds. The summed E-state index contributed by atoms with van der Waals surface area (Å²) in [4.78, 5) is 0. The molecule has 17 heavy (non-hydrogen) atoms.